The molecule has 0 fully saturated rings. The van der Waals surface area contributed by atoms with Crippen LogP contribution in [0.3, 0.4) is 0 Å². The van der Waals surface area contributed by atoms with Crippen LogP contribution in [-0.4, -0.2) is 30.5 Å². The van der Waals surface area contributed by atoms with Gasteiger partial charge in [-0.1, -0.05) is 18.2 Å². The summed E-state index contributed by atoms with van der Waals surface area (Å²) in [6, 6.07) is 11.4. The molecule has 0 aliphatic rings. The van der Waals surface area contributed by atoms with Gasteiger partial charge in [0.1, 0.15) is 12.4 Å². The molecule has 0 bridgehead atoms. The number of amides is 1. The fourth-order valence-corrected chi connectivity index (χ4v) is 3.52. The Bertz CT molecular complexity index is 1240. The van der Waals surface area contributed by atoms with Crippen molar-refractivity contribution in [2.75, 3.05) is 5.73 Å². The second kappa shape index (κ2) is 9.01. The number of hydrogen-bond donors (Lipinski definition) is 2. The molecule has 1 unspecified atom stereocenters. The van der Waals surface area contributed by atoms with Crippen LogP contribution in [0.5, 0.6) is 5.75 Å². The summed E-state index contributed by atoms with van der Waals surface area (Å²) in [6.07, 6.45) is 3.70. The molecule has 3 N–H and O–H groups in total. The fraction of sp³-hybridized carbons (Fsp3) is 0.261. The summed E-state index contributed by atoms with van der Waals surface area (Å²) in [7, 11) is 0. The van der Waals surface area contributed by atoms with Crippen molar-refractivity contribution in [1.29, 1.82) is 0 Å². The van der Waals surface area contributed by atoms with Gasteiger partial charge in [-0.25, -0.2) is 4.98 Å². The number of anilines is 1. The molecule has 0 aliphatic heterocycles. The number of nitrogen functional groups attached to an aromatic ring is 1. The summed E-state index contributed by atoms with van der Waals surface area (Å²) in [5, 5.41) is 7.19. The van der Waals surface area contributed by atoms with Crippen LogP contribution in [0.1, 0.15) is 41.0 Å². The minimum absolute atomic E-state index is 0.102. The molecule has 1 amide bonds. The first-order chi connectivity index (χ1) is 15.4. The zero-order chi connectivity index (χ0) is 22.7. The van der Waals surface area contributed by atoms with E-state index in [-0.39, 0.29) is 24.3 Å². The van der Waals surface area contributed by atoms with Crippen LogP contribution in [0.15, 0.2) is 48.8 Å². The summed E-state index contributed by atoms with van der Waals surface area (Å²) in [5.41, 5.74) is 10.0. The molecule has 3 heterocycles. The average Bonchev–Trinajstić information content (AvgIpc) is 3.16. The lowest BCUT2D eigenvalue weighted by Gasteiger charge is -2.16. The normalized spacial score (nSPS) is 12.0. The van der Waals surface area contributed by atoms with Crippen molar-refractivity contribution < 1.29 is 9.53 Å². The Hall–Kier alpha value is -4.01. The molecule has 9 nitrogen and oxygen atoms in total. The van der Waals surface area contributed by atoms with Gasteiger partial charge < -0.3 is 15.8 Å². The van der Waals surface area contributed by atoms with E-state index in [0.717, 1.165) is 33.8 Å². The van der Waals surface area contributed by atoms with Gasteiger partial charge in [0.15, 0.2) is 0 Å². The molecule has 1 aromatic carbocycles. The van der Waals surface area contributed by atoms with E-state index in [4.69, 9.17) is 10.5 Å². The highest BCUT2D eigenvalue weighted by Gasteiger charge is 2.17. The highest BCUT2D eigenvalue weighted by atomic mass is 16.5. The minimum Gasteiger partial charge on any atom is -0.489 e. The first-order valence-electron chi connectivity index (χ1n) is 10.3. The van der Waals surface area contributed by atoms with Crippen molar-refractivity contribution >= 4 is 17.6 Å². The molecule has 0 aliphatic carbocycles. The molecule has 0 radical (unpaired) electrons. The average molecular weight is 432 g/mol. The lowest BCUT2D eigenvalue weighted by atomic mass is 10.1. The standard InChI is InChI=1S/C23H25N7O2/c1-14(18-6-8-19(9-7-18)32-13-17-5-4-10-25-12-17)26-21(31)11-20-15(2)27-23-28-22(24)29-30(23)16(20)3/h4-10,12,14H,11,13H2,1-3H3,(H2,24,29)(H,26,31). The van der Waals surface area contributed by atoms with Crippen molar-refractivity contribution in [3.8, 4) is 5.75 Å². The molecular weight excluding hydrogens is 406 g/mol. The van der Waals surface area contributed by atoms with Crippen molar-refractivity contribution in [3.05, 3.63) is 76.9 Å². The van der Waals surface area contributed by atoms with Crippen LogP contribution in [0, 0.1) is 13.8 Å². The molecule has 0 spiro atoms. The number of rotatable bonds is 7. The Morgan fingerprint density at radius 1 is 1.19 bits per heavy atom. The Kier molecular flexibility index (Phi) is 5.98. The Morgan fingerprint density at radius 2 is 1.97 bits per heavy atom. The van der Waals surface area contributed by atoms with Gasteiger partial charge >= 0.3 is 0 Å². The SMILES string of the molecule is Cc1nc2nc(N)nn2c(C)c1CC(=O)NC(C)c1ccc(OCc2cccnc2)cc1. The van der Waals surface area contributed by atoms with E-state index in [1.165, 1.54) is 0 Å². The van der Waals surface area contributed by atoms with Crippen molar-refractivity contribution in [2.24, 2.45) is 0 Å². The first kappa shape index (κ1) is 21.2. The van der Waals surface area contributed by atoms with Gasteiger partial charge in [0.25, 0.3) is 5.78 Å². The topological polar surface area (TPSA) is 120 Å². The number of benzene rings is 1. The second-order valence-corrected chi connectivity index (χ2v) is 7.63. The van der Waals surface area contributed by atoms with Gasteiger partial charge in [-0.3, -0.25) is 9.78 Å². The molecule has 32 heavy (non-hydrogen) atoms. The van der Waals surface area contributed by atoms with Crippen molar-refractivity contribution in [2.45, 2.75) is 39.8 Å². The third kappa shape index (κ3) is 4.66. The summed E-state index contributed by atoms with van der Waals surface area (Å²) in [6.45, 7) is 6.14. The number of nitrogens with one attached hydrogen (secondary N) is 1. The monoisotopic (exact) mass is 431 g/mol. The quantitative estimate of drug-likeness (QED) is 0.461. The molecule has 4 rings (SSSR count). The number of ether oxygens (including phenoxy) is 1. The van der Waals surface area contributed by atoms with Crippen molar-refractivity contribution in [3.63, 3.8) is 0 Å². The van der Waals surface area contributed by atoms with Crippen LogP contribution in [0.4, 0.5) is 5.95 Å². The summed E-state index contributed by atoms with van der Waals surface area (Å²) < 4.78 is 7.36. The number of nitrogens with two attached hydrogens (primary N) is 1. The van der Waals surface area contributed by atoms with Gasteiger partial charge in [0.05, 0.1) is 12.5 Å². The molecule has 164 valence electrons. The molecule has 0 saturated carbocycles. The third-order valence-electron chi connectivity index (χ3n) is 5.29. The fourth-order valence-electron chi connectivity index (χ4n) is 3.52. The van der Waals surface area contributed by atoms with E-state index in [9.17, 15) is 4.79 Å². The molecule has 4 aromatic rings. The van der Waals surface area contributed by atoms with Crippen LogP contribution in [-0.2, 0) is 17.8 Å². The minimum atomic E-state index is -0.158. The van der Waals surface area contributed by atoms with Gasteiger partial charge in [-0.15, -0.1) is 5.10 Å². The van der Waals surface area contributed by atoms with Gasteiger partial charge in [0.2, 0.25) is 11.9 Å². The van der Waals surface area contributed by atoms with Crippen LogP contribution in [0.25, 0.3) is 5.78 Å². The molecule has 3 aromatic heterocycles. The predicted octanol–water partition coefficient (Wildman–Crippen LogP) is 2.72. The van der Waals surface area contributed by atoms with E-state index >= 15 is 0 Å². The second-order valence-electron chi connectivity index (χ2n) is 7.63. The number of aromatic nitrogens is 5. The van der Waals surface area contributed by atoms with E-state index in [0.29, 0.717) is 12.4 Å². The third-order valence-corrected chi connectivity index (χ3v) is 5.29. The van der Waals surface area contributed by atoms with E-state index in [2.05, 4.69) is 25.4 Å². The van der Waals surface area contributed by atoms with E-state index < -0.39 is 0 Å². The summed E-state index contributed by atoms with van der Waals surface area (Å²) >= 11 is 0. The zero-order valence-corrected chi connectivity index (χ0v) is 18.2. The number of pyridine rings is 1. The number of aryl methyl sites for hydroxylation is 2. The Labute approximate surface area is 185 Å². The molecule has 0 saturated heterocycles. The largest absolute Gasteiger partial charge is 0.489 e. The molecular formula is C23H25N7O2. The maximum atomic E-state index is 12.7. The lowest BCUT2D eigenvalue weighted by Crippen LogP contribution is -2.29. The summed E-state index contributed by atoms with van der Waals surface area (Å²) in [4.78, 5) is 25.3. The van der Waals surface area contributed by atoms with Crippen LogP contribution < -0.4 is 15.8 Å². The lowest BCUT2D eigenvalue weighted by molar-refractivity contribution is -0.121. The van der Waals surface area contributed by atoms with Crippen LogP contribution >= 0.6 is 0 Å². The zero-order valence-electron chi connectivity index (χ0n) is 18.2. The highest BCUT2D eigenvalue weighted by Crippen LogP contribution is 2.20. The number of carbonyl (C=O) groups is 1. The maximum Gasteiger partial charge on any atom is 0.254 e. The van der Waals surface area contributed by atoms with Gasteiger partial charge in [-0.05, 0) is 44.5 Å². The Balaban J connectivity index is 1.38. The van der Waals surface area contributed by atoms with E-state index in [1.807, 2.05) is 57.2 Å². The summed E-state index contributed by atoms with van der Waals surface area (Å²) in [5.74, 6) is 1.24. The number of hydrogen-bond acceptors (Lipinski definition) is 7. The first-order valence-corrected chi connectivity index (χ1v) is 10.3. The van der Waals surface area contributed by atoms with E-state index in [1.54, 1.807) is 16.9 Å². The number of fused-ring (bicyclic) bond motifs is 1. The highest BCUT2D eigenvalue weighted by molar-refractivity contribution is 5.79. The van der Waals surface area contributed by atoms with Gasteiger partial charge in [-0.2, -0.15) is 9.50 Å². The Morgan fingerprint density at radius 3 is 2.69 bits per heavy atom. The number of nitrogens with zero attached hydrogens (tertiary/aromatic N) is 5. The maximum absolute atomic E-state index is 12.7. The van der Waals surface area contributed by atoms with Crippen LogP contribution in [0.2, 0.25) is 0 Å². The smallest absolute Gasteiger partial charge is 0.254 e. The molecule has 1 atom stereocenters. The predicted molar refractivity (Wildman–Crippen MR) is 120 cm³/mol. The van der Waals surface area contributed by atoms with Gasteiger partial charge in [0, 0.05) is 34.9 Å². The molecule has 9 heteroatoms. The van der Waals surface area contributed by atoms with Crippen molar-refractivity contribution in [1.82, 2.24) is 29.9 Å². The number of carbonyl (C=O) groups excluding carboxylic acids is 1.